The van der Waals surface area contributed by atoms with Gasteiger partial charge in [-0.2, -0.15) is 0 Å². The highest BCUT2D eigenvalue weighted by molar-refractivity contribution is 6.00. The molecule has 3 rings (SSSR count). The third-order valence-corrected chi connectivity index (χ3v) is 4.31. The number of benzene rings is 2. The number of hydrogen-bond donors (Lipinski definition) is 2. The number of hydrogen-bond acceptors (Lipinski definition) is 5. The van der Waals surface area contributed by atoms with Crippen LogP contribution in [0.25, 0.3) is 10.8 Å². The summed E-state index contributed by atoms with van der Waals surface area (Å²) in [5.74, 6) is 0.721. The summed E-state index contributed by atoms with van der Waals surface area (Å²) < 4.78 is 10.3. The Morgan fingerprint density at radius 3 is 2.46 bits per heavy atom. The zero-order chi connectivity index (χ0) is 20.1. The van der Waals surface area contributed by atoms with Gasteiger partial charge in [-0.15, -0.1) is 0 Å². The maximum absolute atomic E-state index is 12.4. The summed E-state index contributed by atoms with van der Waals surface area (Å²) in [7, 11) is 3.00. The van der Waals surface area contributed by atoms with Crippen LogP contribution >= 0.6 is 0 Å². The number of ether oxygens (including phenoxy) is 2. The van der Waals surface area contributed by atoms with Crippen molar-refractivity contribution in [2.45, 2.75) is 12.8 Å². The number of nitrogens with one attached hydrogen (secondary N) is 2. The molecular weight excluding hydrogens is 360 g/mol. The molecule has 0 bridgehead atoms. The molecule has 0 fully saturated rings. The fraction of sp³-hybridized carbons (Fsp3) is 0.190. The second-order valence-corrected chi connectivity index (χ2v) is 6.14. The summed E-state index contributed by atoms with van der Waals surface area (Å²) in [6.07, 6.45) is 0.0150. The van der Waals surface area contributed by atoms with Crippen LogP contribution in [0.15, 0.2) is 53.3 Å². The molecule has 7 nitrogen and oxygen atoms in total. The number of methoxy groups -OCH3 is 2. The van der Waals surface area contributed by atoms with Crippen LogP contribution in [0.5, 0.6) is 11.5 Å². The zero-order valence-corrected chi connectivity index (χ0v) is 15.6. The van der Waals surface area contributed by atoms with Crippen LogP contribution in [0.4, 0.5) is 5.82 Å². The third kappa shape index (κ3) is 4.20. The molecule has 0 saturated carbocycles. The smallest absolute Gasteiger partial charge is 0.257 e. The Balaban J connectivity index is 1.64. The van der Waals surface area contributed by atoms with E-state index >= 15 is 0 Å². The van der Waals surface area contributed by atoms with Gasteiger partial charge in [-0.3, -0.25) is 14.4 Å². The minimum atomic E-state index is -0.361. The number of H-pyrrole nitrogens is 1. The molecule has 0 saturated heterocycles. The van der Waals surface area contributed by atoms with Crippen molar-refractivity contribution in [2.75, 3.05) is 19.5 Å². The second kappa shape index (κ2) is 8.39. The van der Waals surface area contributed by atoms with Gasteiger partial charge in [0.1, 0.15) is 5.82 Å². The Morgan fingerprint density at radius 2 is 1.71 bits per heavy atom. The Morgan fingerprint density at radius 1 is 0.964 bits per heavy atom. The molecule has 0 spiro atoms. The normalized spacial score (nSPS) is 10.5. The Labute approximate surface area is 161 Å². The molecule has 1 aromatic heterocycles. The standard InChI is InChI=1S/C21H20N2O5/c1-27-17-9-7-14(11-18(17)28-2)16(24)8-10-20(25)22-19-12-13-5-3-4-6-15(13)21(26)23-19/h3-7,9,11-12H,8,10H2,1-2H3,(H2,22,23,25,26). The van der Waals surface area contributed by atoms with Crippen molar-refractivity contribution < 1.29 is 19.1 Å². The molecule has 3 aromatic rings. The number of ketones is 1. The average Bonchev–Trinajstić information content (AvgIpc) is 2.71. The summed E-state index contributed by atoms with van der Waals surface area (Å²) in [6.45, 7) is 0. The van der Waals surface area contributed by atoms with Crippen LogP contribution in [-0.4, -0.2) is 30.9 Å². The van der Waals surface area contributed by atoms with E-state index in [9.17, 15) is 14.4 Å². The van der Waals surface area contributed by atoms with Crippen LogP contribution in [0.1, 0.15) is 23.2 Å². The van der Waals surface area contributed by atoms with Crippen LogP contribution in [-0.2, 0) is 4.79 Å². The number of anilines is 1. The number of carbonyl (C=O) groups excluding carboxylic acids is 2. The first kappa shape index (κ1) is 19.2. The van der Waals surface area contributed by atoms with E-state index in [4.69, 9.17) is 9.47 Å². The van der Waals surface area contributed by atoms with Crippen molar-refractivity contribution in [3.05, 3.63) is 64.4 Å². The number of amides is 1. The molecule has 0 aliphatic carbocycles. The lowest BCUT2D eigenvalue weighted by Crippen LogP contribution is -2.17. The molecule has 144 valence electrons. The first-order valence-electron chi connectivity index (χ1n) is 8.69. The molecule has 0 atom stereocenters. The van der Waals surface area contributed by atoms with Gasteiger partial charge in [-0.1, -0.05) is 18.2 Å². The number of rotatable bonds is 7. The van der Waals surface area contributed by atoms with Crippen molar-refractivity contribution in [3.63, 3.8) is 0 Å². The molecule has 28 heavy (non-hydrogen) atoms. The first-order valence-corrected chi connectivity index (χ1v) is 8.69. The number of Topliss-reactive ketones (excluding diaryl/α,β-unsaturated/α-hetero) is 1. The monoisotopic (exact) mass is 380 g/mol. The molecule has 2 N–H and O–H groups in total. The number of aromatic amines is 1. The van der Waals surface area contributed by atoms with Gasteiger partial charge < -0.3 is 19.8 Å². The molecular formula is C21H20N2O5. The molecule has 0 aliphatic rings. The fourth-order valence-electron chi connectivity index (χ4n) is 2.87. The summed E-state index contributed by atoms with van der Waals surface area (Å²) >= 11 is 0. The minimum Gasteiger partial charge on any atom is -0.493 e. The van der Waals surface area contributed by atoms with E-state index in [0.29, 0.717) is 28.3 Å². The van der Waals surface area contributed by atoms with Crippen LogP contribution in [0.2, 0.25) is 0 Å². The largest absolute Gasteiger partial charge is 0.493 e. The Hall–Kier alpha value is -3.61. The van der Waals surface area contributed by atoms with E-state index < -0.39 is 0 Å². The molecule has 1 amide bonds. The van der Waals surface area contributed by atoms with E-state index in [0.717, 1.165) is 5.39 Å². The number of carbonyl (C=O) groups is 2. The molecule has 0 radical (unpaired) electrons. The number of fused-ring (bicyclic) bond motifs is 1. The topological polar surface area (TPSA) is 97.5 Å². The van der Waals surface area contributed by atoms with Gasteiger partial charge in [0, 0.05) is 23.8 Å². The number of pyridine rings is 1. The SMILES string of the molecule is COc1ccc(C(=O)CCC(=O)Nc2cc3ccccc3c(=O)[nH]2)cc1OC. The summed E-state index contributed by atoms with van der Waals surface area (Å²) in [5, 5.41) is 3.90. The van der Waals surface area contributed by atoms with Gasteiger partial charge in [0.15, 0.2) is 17.3 Å². The Kier molecular flexibility index (Phi) is 5.74. The summed E-state index contributed by atoms with van der Waals surface area (Å²) in [4.78, 5) is 39.2. The van der Waals surface area contributed by atoms with E-state index in [1.807, 2.05) is 6.07 Å². The molecule has 0 aliphatic heterocycles. The molecule has 2 aromatic carbocycles. The minimum absolute atomic E-state index is 0.0119. The third-order valence-electron chi connectivity index (χ3n) is 4.31. The van der Waals surface area contributed by atoms with Gasteiger partial charge in [-0.25, -0.2) is 0 Å². The lowest BCUT2D eigenvalue weighted by atomic mass is 10.1. The highest BCUT2D eigenvalue weighted by atomic mass is 16.5. The maximum atomic E-state index is 12.4. The van der Waals surface area contributed by atoms with E-state index in [-0.39, 0.29) is 30.1 Å². The van der Waals surface area contributed by atoms with Crippen molar-refractivity contribution >= 4 is 28.3 Å². The van der Waals surface area contributed by atoms with Crippen LogP contribution in [0.3, 0.4) is 0 Å². The summed E-state index contributed by atoms with van der Waals surface area (Å²) in [6, 6.07) is 13.6. The van der Waals surface area contributed by atoms with Gasteiger partial charge in [0.2, 0.25) is 5.91 Å². The highest BCUT2D eigenvalue weighted by Crippen LogP contribution is 2.28. The van der Waals surface area contributed by atoms with Gasteiger partial charge in [0.05, 0.1) is 14.2 Å². The van der Waals surface area contributed by atoms with E-state index in [1.54, 1.807) is 42.5 Å². The van der Waals surface area contributed by atoms with E-state index in [2.05, 4.69) is 10.3 Å². The van der Waals surface area contributed by atoms with Gasteiger partial charge in [0.25, 0.3) is 5.56 Å². The predicted octanol–water partition coefficient (Wildman–Crippen LogP) is 3.15. The highest BCUT2D eigenvalue weighted by Gasteiger charge is 2.13. The number of aromatic nitrogens is 1. The second-order valence-electron chi connectivity index (χ2n) is 6.14. The van der Waals surface area contributed by atoms with Crippen LogP contribution in [0, 0.1) is 0 Å². The van der Waals surface area contributed by atoms with Gasteiger partial charge in [-0.05, 0) is 35.7 Å². The molecule has 0 unspecified atom stereocenters. The van der Waals surface area contributed by atoms with E-state index in [1.165, 1.54) is 14.2 Å². The van der Waals surface area contributed by atoms with Crippen molar-refractivity contribution in [1.29, 1.82) is 0 Å². The molecule has 7 heteroatoms. The van der Waals surface area contributed by atoms with Crippen molar-refractivity contribution in [2.24, 2.45) is 0 Å². The van der Waals surface area contributed by atoms with Crippen LogP contribution < -0.4 is 20.3 Å². The lowest BCUT2D eigenvalue weighted by molar-refractivity contribution is -0.116. The molecule has 1 heterocycles. The predicted molar refractivity (Wildman–Crippen MR) is 106 cm³/mol. The zero-order valence-electron chi connectivity index (χ0n) is 15.6. The fourth-order valence-corrected chi connectivity index (χ4v) is 2.87. The average molecular weight is 380 g/mol. The summed E-state index contributed by atoms with van der Waals surface area (Å²) in [5.41, 5.74) is 0.152. The quantitative estimate of drug-likeness (QED) is 0.614. The van der Waals surface area contributed by atoms with Crippen molar-refractivity contribution in [1.82, 2.24) is 4.98 Å². The first-order chi connectivity index (χ1) is 13.5. The van der Waals surface area contributed by atoms with Crippen molar-refractivity contribution in [3.8, 4) is 11.5 Å². The Bertz CT molecular complexity index is 1090. The maximum Gasteiger partial charge on any atom is 0.257 e. The lowest BCUT2D eigenvalue weighted by Gasteiger charge is -2.09. The van der Waals surface area contributed by atoms with Gasteiger partial charge >= 0.3 is 0 Å².